The normalized spacial score (nSPS) is 14.3. The Morgan fingerprint density at radius 1 is 1.03 bits per heavy atom. The van der Waals surface area contributed by atoms with E-state index in [4.69, 9.17) is 4.42 Å². The summed E-state index contributed by atoms with van der Waals surface area (Å²) < 4.78 is 18.9. The van der Waals surface area contributed by atoms with Crippen molar-refractivity contribution in [1.29, 1.82) is 0 Å². The summed E-state index contributed by atoms with van der Waals surface area (Å²) in [7, 11) is 0. The molecule has 1 aromatic heterocycles. The smallest absolute Gasteiger partial charge is 0.287 e. The molecule has 2 aromatic carbocycles. The minimum absolute atomic E-state index is 0.0254. The zero-order valence-electron chi connectivity index (χ0n) is 20.2. The summed E-state index contributed by atoms with van der Waals surface area (Å²) >= 11 is 0. The Hall–Kier alpha value is -3.94. The summed E-state index contributed by atoms with van der Waals surface area (Å²) in [5.74, 6) is -1.72. The van der Waals surface area contributed by atoms with Gasteiger partial charge in [-0.25, -0.2) is 4.39 Å². The predicted molar refractivity (Wildman–Crippen MR) is 134 cm³/mol. The summed E-state index contributed by atoms with van der Waals surface area (Å²) in [6, 6.07) is 15.0. The van der Waals surface area contributed by atoms with E-state index >= 15 is 0 Å². The summed E-state index contributed by atoms with van der Waals surface area (Å²) in [6.45, 7) is 1.61. The highest BCUT2D eigenvalue weighted by Crippen LogP contribution is 2.32. The van der Waals surface area contributed by atoms with Crippen LogP contribution in [0.1, 0.15) is 60.3 Å². The van der Waals surface area contributed by atoms with Crippen LogP contribution in [0.5, 0.6) is 0 Å². The first-order valence-corrected chi connectivity index (χ1v) is 12.3. The highest BCUT2D eigenvalue weighted by atomic mass is 19.1. The van der Waals surface area contributed by atoms with Crippen molar-refractivity contribution in [2.24, 2.45) is 0 Å². The van der Waals surface area contributed by atoms with Gasteiger partial charge in [0.15, 0.2) is 5.76 Å². The fourth-order valence-electron chi connectivity index (χ4n) is 4.61. The van der Waals surface area contributed by atoms with Gasteiger partial charge in [-0.1, -0.05) is 50.1 Å². The topological polar surface area (TPSA) is 91.7 Å². The number of nitrogens with one attached hydrogen (secondary N) is 2. The van der Waals surface area contributed by atoms with Gasteiger partial charge in [0, 0.05) is 11.7 Å². The highest BCUT2D eigenvalue weighted by Gasteiger charge is 2.35. The molecule has 0 radical (unpaired) electrons. The van der Waals surface area contributed by atoms with Crippen LogP contribution in [-0.2, 0) is 16.0 Å². The van der Waals surface area contributed by atoms with Gasteiger partial charge in [-0.05, 0) is 60.7 Å². The average molecular weight is 492 g/mol. The Morgan fingerprint density at radius 2 is 1.75 bits per heavy atom. The summed E-state index contributed by atoms with van der Waals surface area (Å²) in [5.41, 5.74) is 1.90. The number of nitrogens with zero attached hydrogens (tertiary/aromatic N) is 1. The van der Waals surface area contributed by atoms with E-state index in [9.17, 15) is 18.8 Å². The Labute approximate surface area is 209 Å². The number of carbonyl (C=O) groups excluding carboxylic acids is 3. The van der Waals surface area contributed by atoms with Crippen LogP contribution in [0.2, 0.25) is 0 Å². The molecule has 1 saturated carbocycles. The minimum atomic E-state index is -1.05. The van der Waals surface area contributed by atoms with Crippen LogP contribution in [0.25, 0.3) is 0 Å². The van der Waals surface area contributed by atoms with Crippen molar-refractivity contribution in [3.63, 3.8) is 0 Å². The maximum Gasteiger partial charge on any atom is 0.287 e. The van der Waals surface area contributed by atoms with Crippen molar-refractivity contribution in [1.82, 2.24) is 10.6 Å². The van der Waals surface area contributed by atoms with Gasteiger partial charge in [-0.2, -0.15) is 0 Å². The van der Waals surface area contributed by atoms with Crippen molar-refractivity contribution < 1.29 is 23.2 Å². The number of halogens is 1. The number of carbonyl (C=O) groups is 3. The number of furan rings is 1. The molecule has 0 spiro atoms. The second kappa shape index (κ2) is 11.7. The van der Waals surface area contributed by atoms with Gasteiger partial charge in [0.2, 0.25) is 11.8 Å². The van der Waals surface area contributed by atoms with Crippen LogP contribution in [0.3, 0.4) is 0 Å². The van der Waals surface area contributed by atoms with Crippen molar-refractivity contribution in [2.75, 3.05) is 11.4 Å². The van der Waals surface area contributed by atoms with Crippen molar-refractivity contribution in [3.05, 3.63) is 89.6 Å². The molecule has 0 bridgehead atoms. The first-order valence-electron chi connectivity index (χ1n) is 12.3. The predicted octanol–water partition coefficient (Wildman–Crippen LogP) is 4.54. The molecule has 7 nitrogen and oxygen atoms in total. The lowest BCUT2D eigenvalue weighted by Gasteiger charge is -2.33. The second-order valence-corrected chi connectivity index (χ2v) is 8.85. The molecule has 0 saturated heterocycles. The van der Waals surface area contributed by atoms with Gasteiger partial charge < -0.3 is 15.1 Å². The van der Waals surface area contributed by atoms with Crippen molar-refractivity contribution >= 4 is 23.4 Å². The molecule has 4 rings (SSSR count). The third kappa shape index (κ3) is 5.82. The van der Waals surface area contributed by atoms with Crippen molar-refractivity contribution in [3.8, 4) is 0 Å². The van der Waals surface area contributed by atoms with Crippen LogP contribution < -0.4 is 15.5 Å². The average Bonchev–Trinajstić information content (AvgIpc) is 3.61. The Balaban J connectivity index is 1.72. The number of hydrogen-bond acceptors (Lipinski definition) is 4. The van der Waals surface area contributed by atoms with Crippen LogP contribution in [-0.4, -0.2) is 30.3 Å². The first-order chi connectivity index (χ1) is 17.5. The van der Waals surface area contributed by atoms with E-state index < -0.39 is 23.7 Å². The fraction of sp³-hybridized carbons (Fsp3) is 0.321. The minimum Gasteiger partial charge on any atom is -0.459 e. The Bertz CT molecular complexity index is 1190. The van der Waals surface area contributed by atoms with E-state index in [0.29, 0.717) is 17.7 Å². The van der Waals surface area contributed by atoms with Crippen molar-refractivity contribution in [2.45, 2.75) is 51.1 Å². The number of hydrogen-bond donors (Lipinski definition) is 2. The van der Waals surface area contributed by atoms with Gasteiger partial charge in [-0.3, -0.25) is 19.3 Å². The summed E-state index contributed by atoms with van der Waals surface area (Å²) in [4.78, 5) is 41.3. The summed E-state index contributed by atoms with van der Waals surface area (Å²) in [5, 5.41) is 5.68. The third-order valence-corrected chi connectivity index (χ3v) is 6.44. The maximum absolute atomic E-state index is 13.8. The standard InChI is InChI=1S/C28H30FN3O4/c1-2-19-8-3-6-11-23(19)32(25(33)18-30-27(34)24-12-7-17-36-24)26(20-13-15-21(29)16-14-20)28(35)31-22-9-4-5-10-22/h3,6-8,11-17,22,26H,2,4-5,9-10,18H2,1H3,(H,30,34)(H,31,35)/t26-/m0/s1. The lowest BCUT2D eigenvalue weighted by Crippen LogP contribution is -2.49. The molecule has 1 fully saturated rings. The molecular formula is C28H30FN3O4. The number of benzene rings is 2. The molecule has 36 heavy (non-hydrogen) atoms. The largest absolute Gasteiger partial charge is 0.459 e. The molecule has 0 aliphatic heterocycles. The lowest BCUT2D eigenvalue weighted by molar-refractivity contribution is -0.126. The molecule has 1 atom stereocenters. The maximum atomic E-state index is 13.8. The molecule has 1 aliphatic carbocycles. The number of aryl methyl sites for hydroxylation is 1. The van der Waals surface area contributed by atoms with E-state index in [2.05, 4.69) is 10.6 Å². The Morgan fingerprint density at radius 3 is 2.42 bits per heavy atom. The molecule has 3 aromatic rings. The molecule has 0 unspecified atom stereocenters. The number of rotatable bonds is 9. The monoisotopic (exact) mass is 491 g/mol. The molecule has 1 heterocycles. The van der Waals surface area contributed by atoms with Crippen LogP contribution in [0.15, 0.2) is 71.3 Å². The first kappa shape index (κ1) is 25.2. The summed E-state index contributed by atoms with van der Waals surface area (Å²) in [6.07, 6.45) is 5.82. The molecule has 1 aliphatic rings. The van der Waals surface area contributed by atoms with Crippen LogP contribution >= 0.6 is 0 Å². The molecule has 3 amide bonds. The van der Waals surface area contributed by atoms with Gasteiger partial charge >= 0.3 is 0 Å². The van der Waals surface area contributed by atoms with Gasteiger partial charge in [-0.15, -0.1) is 0 Å². The van der Waals surface area contributed by atoms with E-state index in [1.807, 2.05) is 19.1 Å². The quantitative estimate of drug-likeness (QED) is 0.460. The molecule has 188 valence electrons. The van der Waals surface area contributed by atoms with Gasteiger partial charge in [0.05, 0.1) is 12.8 Å². The third-order valence-electron chi connectivity index (χ3n) is 6.44. The SMILES string of the molecule is CCc1ccccc1N(C(=O)CNC(=O)c1ccco1)[C@H](C(=O)NC1CCCC1)c1ccc(F)cc1. The van der Waals surface area contributed by atoms with E-state index in [0.717, 1.165) is 31.2 Å². The molecule has 2 N–H and O–H groups in total. The van der Waals surface area contributed by atoms with E-state index in [1.54, 1.807) is 18.2 Å². The van der Waals surface area contributed by atoms with Crippen LogP contribution in [0.4, 0.5) is 10.1 Å². The molecular weight excluding hydrogens is 461 g/mol. The van der Waals surface area contributed by atoms with Gasteiger partial charge in [0.1, 0.15) is 11.9 Å². The Kier molecular flexibility index (Phi) is 8.15. The second-order valence-electron chi connectivity index (χ2n) is 8.85. The lowest BCUT2D eigenvalue weighted by atomic mass is 10.00. The van der Waals surface area contributed by atoms with Crippen LogP contribution in [0, 0.1) is 5.82 Å². The highest BCUT2D eigenvalue weighted by molar-refractivity contribution is 6.04. The fourth-order valence-corrected chi connectivity index (χ4v) is 4.61. The van der Waals surface area contributed by atoms with Gasteiger partial charge in [0.25, 0.3) is 5.91 Å². The van der Waals surface area contributed by atoms with E-state index in [1.165, 1.54) is 41.5 Å². The van der Waals surface area contributed by atoms with E-state index in [-0.39, 0.29) is 24.3 Å². The number of amides is 3. The zero-order valence-corrected chi connectivity index (χ0v) is 20.2. The zero-order chi connectivity index (χ0) is 25.5. The molecule has 8 heteroatoms. The number of anilines is 1. The number of para-hydroxylation sites is 1.